The van der Waals surface area contributed by atoms with Crippen molar-refractivity contribution < 1.29 is 9.21 Å². The third-order valence-electron chi connectivity index (χ3n) is 4.01. The lowest BCUT2D eigenvalue weighted by Crippen LogP contribution is -2.24. The molecule has 0 bridgehead atoms. The van der Waals surface area contributed by atoms with Gasteiger partial charge in [0.25, 0.3) is 0 Å². The lowest BCUT2D eigenvalue weighted by molar-refractivity contribution is -0.120. The minimum Gasteiger partial charge on any atom is -0.420 e. The zero-order valence-electron chi connectivity index (χ0n) is 14.2. The number of halogens is 1. The molecule has 0 saturated carbocycles. The van der Waals surface area contributed by atoms with Crippen LogP contribution < -0.4 is 5.32 Å². The lowest BCUT2D eigenvalue weighted by atomic mass is 10.1. The van der Waals surface area contributed by atoms with Crippen molar-refractivity contribution >= 4 is 28.4 Å². The highest BCUT2D eigenvalue weighted by molar-refractivity contribution is 6.30. The molecule has 1 N–H and O–H groups in total. The molecule has 0 fully saturated rings. The van der Waals surface area contributed by atoms with Crippen LogP contribution in [0.2, 0.25) is 5.02 Å². The predicted molar refractivity (Wildman–Crippen MR) is 102 cm³/mol. The van der Waals surface area contributed by atoms with Crippen LogP contribution in [0.15, 0.2) is 65.2 Å². The van der Waals surface area contributed by atoms with Crippen molar-refractivity contribution in [3.63, 3.8) is 0 Å². The maximum atomic E-state index is 12.1. The van der Waals surface area contributed by atoms with Crippen LogP contribution in [0.5, 0.6) is 0 Å². The first-order chi connectivity index (χ1) is 13.2. The molecule has 0 saturated heterocycles. The fourth-order valence-electron chi connectivity index (χ4n) is 2.70. The average molecular weight is 379 g/mol. The summed E-state index contributed by atoms with van der Waals surface area (Å²) in [6.45, 7) is 0.387. The molecule has 1 amide bonds. The van der Waals surface area contributed by atoms with Gasteiger partial charge < -0.3 is 9.73 Å². The minimum atomic E-state index is -0.201. The Morgan fingerprint density at radius 2 is 2.00 bits per heavy atom. The van der Waals surface area contributed by atoms with Crippen molar-refractivity contribution in [2.75, 3.05) is 0 Å². The summed E-state index contributed by atoms with van der Waals surface area (Å²) in [5.41, 5.74) is 2.60. The molecule has 0 atom stereocenters. The summed E-state index contributed by atoms with van der Waals surface area (Å²) in [7, 11) is 0. The Morgan fingerprint density at radius 3 is 2.89 bits per heavy atom. The molecule has 2 heterocycles. The van der Waals surface area contributed by atoms with E-state index in [0.717, 1.165) is 22.0 Å². The third-order valence-corrected chi connectivity index (χ3v) is 4.24. The van der Waals surface area contributed by atoms with Crippen molar-refractivity contribution in [2.45, 2.75) is 13.0 Å². The fourth-order valence-corrected chi connectivity index (χ4v) is 2.91. The van der Waals surface area contributed by atoms with Gasteiger partial charge in [0, 0.05) is 28.7 Å². The Kier molecular flexibility index (Phi) is 4.80. The molecule has 134 valence electrons. The van der Waals surface area contributed by atoms with E-state index < -0.39 is 0 Å². The quantitative estimate of drug-likeness (QED) is 0.571. The first-order valence-corrected chi connectivity index (χ1v) is 8.74. The molecule has 0 radical (unpaired) electrons. The van der Waals surface area contributed by atoms with E-state index in [1.165, 1.54) is 0 Å². The molecular weight excluding hydrogens is 364 g/mol. The number of benzene rings is 2. The Morgan fingerprint density at radius 1 is 1.07 bits per heavy atom. The van der Waals surface area contributed by atoms with Crippen molar-refractivity contribution in [1.82, 2.24) is 20.5 Å². The molecule has 0 unspecified atom stereocenters. The topological polar surface area (TPSA) is 80.9 Å². The molecule has 0 aliphatic carbocycles. The molecule has 2 aromatic heterocycles. The summed E-state index contributed by atoms with van der Waals surface area (Å²) in [6.07, 6.45) is 1.76. The second kappa shape index (κ2) is 7.55. The average Bonchev–Trinajstić information content (AvgIpc) is 3.14. The second-order valence-electron chi connectivity index (χ2n) is 6.00. The second-order valence-corrected chi connectivity index (χ2v) is 6.43. The lowest BCUT2D eigenvalue weighted by Gasteiger charge is -2.04. The van der Waals surface area contributed by atoms with Crippen molar-refractivity contribution in [2.24, 2.45) is 0 Å². The van der Waals surface area contributed by atoms with Gasteiger partial charge in [0.05, 0.1) is 5.52 Å². The molecule has 7 heteroatoms. The van der Waals surface area contributed by atoms with Gasteiger partial charge in [0.1, 0.15) is 6.42 Å². The number of carbonyl (C=O) groups is 1. The Bertz CT molecular complexity index is 1110. The third kappa shape index (κ3) is 4.12. The normalized spacial score (nSPS) is 10.9. The van der Waals surface area contributed by atoms with E-state index in [-0.39, 0.29) is 18.2 Å². The van der Waals surface area contributed by atoms with E-state index in [4.69, 9.17) is 16.0 Å². The summed E-state index contributed by atoms with van der Waals surface area (Å²) in [5, 5.41) is 12.4. The summed E-state index contributed by atoms with van der Waals surface area (Å²) >= 11 is 5.94. The van der Waals surface area contributed by atoms with Crippen molar-refractivity contribution in [3.05, 3.63) is 77.3 Å². The van der Waals surface area contributed by atoms with Gasteiger partial charge >= 0.3 is 0 Å². The number of pyridine rings is 1. The van der Waals surface area contributed by atoms with E-state index in [9.17, 15) is 4.79 Å². The number of aromatic nitrogens is 3. The number of nitrogens with zero attached hydrogens (tertiary/aromatic N) is 3. The van der Waals surface area contributed by atoms with E-state index in [0.29, 0.717) is 17.5 Å². The minimum absolute atomic E-state index is 0.0166. The standard InChI is InChI=1S/C20H15ClN4O2/c21-16-5-1-3-13(9-16)12-23-18(26)11-19-24-25-20(27-19)15-6-7-17-14(10-15)4-2-8-22-17/h1-10H,11-12H2,(H,23,26). The van der Waals surface area contributed by atoms with Crippen LogP contribution in [0.3, 0.4) is 0 Å². The van der Waals surface area contributed by atoms with Gasteiger partial charge in [-0.3, -0.25) is 9.78 Å². The van der Waals surface area contributed by atoms with Gasteiger partial charge in [0.2, 0.25) is 17.7 Å². The zero-order valence-corrected chi connectivity index (χ0v) is 15.0. The molecule has 2 aromatic carbocycles. The highest BCUT2D eigenvalue weighted by Gasteiger charge is 2.13. The number of hydrogen-bond acceptors (Lipinski definition) is 5. The van der Waals surface area contributed by atoms with E-state index >= 15 is 0 Å². The zero-order chi connectivity index (χ0) is 18.6. The number of rotatable bonds is 5. The summed E-state index contributed by atoms with van der Waals surface area (Å²) in [5.74, 6) is 0.436. The highest BCUT2D eigenvalue weighted by Crippen LogP contribution is 2.22. The molecule has 27 heavy (non-hydrogen) atoms. The van der Waals surface area contributed by atoms with Crippen LogP contribution in [0, 0.1) is 0 Å². The van der Waals surface area contributed by atoms with Crippen LogP contribution in [0.4, 0.5) is 0 Å². The molecular formula is C20H15ClN4O2. The van der Waals surface area contributed by atoms with Gasteiger partial charge in [-0.25, -0.2) is 0 Å². The van der Waals surface area contributed by atoms with Crippen LogP contribution in [0.25, 0.3) is 22.4 Å². The Balaban J connectivity index is 1.41. The van der Waals surface area contributed by atoms with Crippen molar-refractivity contribution in [3.8, 4) is 11.5 Å². The fraction of sp³-hybridized carbons (Fsp3) is 0.100. The van der Waals surface area contributed by atoms with E-state index in [1.54, 1.807) is 18.3 Å². The molecule has 0 aliphatic heterocycles. The number of nitrogens with one attached hydrogen (secondary N) is 1. The van der Waals surface area contributed by atoms with Gasteiger partial charge in [0.15, 0.2) is 0 Å². The summed E-state index contributed by atoms with van der Waals surface area (Å²) in [4.78, 5) is 16.4. The number of fused-ring (bicyclic) bond motifs is 1. The van der Waals surface area contributed by atoms with Crippen LogP contribution in [-0.2, 0) is 17.8 Å². The number of hydrogen-bond donors (Lipinski definition) is 1. The largest absolute Gasteiger partial charge is 0.420 e. The maximum absolute atomic E-state index is 12.1. The smallest absolute Gasteiger partial charge is 0.247 e. The van der Waals surface area contributed by atoms with Gasteiger partial charge in [-0.2, -0.15) is 0 Å². The van der Waals surface area contributed by atoms with E-state index in [2.05, 4.69) is 20.5 Å². The van der Waals surface area contributed by atoms with Gasteiger partial charge in [-0.1, -0.05) is 29.8 Å². The summed E-state index contributed by atoms with van der Waals surface area (Å²) in [6, 6.07) is 16.9. The molecule has 4 aromatic rings. The van der Waals surface area contributed by atoms with Gasteiger partial charge in [-0.05, 0) is 42.0 Å². The Hall–Kier alpha value is -3.25. The van der Waals surface area contributed by atoms with Crippen LogP contribution >= 0.6 is 11.6 Å². The van der Waals surface area contributed by atoms with E-state index in [1.807, 2.05) is 42.5 Å². The maximum Gasteiger partial charge on any atom is 0.247 e. The number of amides is 1. The van der Waals surface area contributed by atoms with Crippen LogP contribution in [-0.4, -0.2) is 21.1 Å². The first kappa shape index (κ1) is 17.2. The monoisotopic (exact) mass is 378 g/mol. The summed E-state index contributed by atoms with van der Waals surface area (Å²) < 4.78 is 5.64. The van der Waals surface area contributed by atoms with Gasteiger partial charge in [-0.15, -0.1) is 10.2 Å². The number of carbonyl (C=O) groups excluding carboxylic acids is 1. The molecule has 4 rings (SSSR count). The molecule has 6 nitrogen and oxygen atoms in total. The molecule has 0 aliphatic rings. The highest BCUT2D eigenvalue weighted by atomic mass is 35.5. The molecule has 0 spiro atoms. The van der Waals surface area contributed by atoms with Crippen molar-refractivity contribution in [1.29, 1.82) is 0 Å². The Labute approximate surface area is 160 Å². The van der Waals surface area contributed by atoms with Crippen LogP contribution in [0.1, 0.15) is 11.5 Å². The predicted octanol–water partition coefficient (Wildman–Crippen LogP) is 3.80. The SMILES string of the molecule is O=C(Cc1nnc(-c2ccc3ncccc3c2)o1)NCc1cccc(Cl)c1. The first-order valence-electron chi connectivity index (χ1n) is 8.36.